The molecule has 0 bridgehead atoms. The molecule has 3 aromatic carbocycles. The normalized spacial score (nSPS) is 16.8. The number of amides is 1. The van der Waals surface area contributed by atoms with Crippen LogP contribution >= 0.6 is 0 Å². The molecule has 1 aliphatic rings. The average Bonchev–Trinajstić information content (AvgIpc) is 2.93. The van der Waals surface area contributed by atoms with Gasteiger partial charge in [0.15, 0.2) is 0 Å². The molecule has 0 N–H and O–H groups in total. The van der Waals surface area contributed by atoms with Gasteiger partial charge < -0.3 is 23.8 Å². The van der Waals surface area contributed by atoms with Gasteiger partial charge in [-0.1, -0.05) is 42.5 Å². The zero-order chi connectivity index (χ0) is 25.7. The van der Waals surface area contributed by atoms with Crippen LogP contribution in [0.2, 0.25) is 0 Å². The summed E-state index contributed by atoms with van der Waals surface area (Å²) in [7, 11) is 4.78. The molecule has 0 radical (unpaired) electrons. The summed E-state index contributed by atoms with van der Waals surface area (Å²) >= 11 is 0. The Balaban J connectivity index is 1.63. The third-order valence-electron chi connectivity index (χ3n) is 6.36. The quantitative estimate of drug-likeness (QED) is 0.237. The summed E-state index contributed by atoms with van der Waals surface area (Å²) in [4.78, 5) is 28.1. The lowest BCUT2D eigenvalue weighted by Crippen LogP contribution is -2.64. The van der Waals surface area contributed by atoms with Crippen LogP contribution in [0.1, 0.15) is 22.7 Å². The molecule has 2 unspecified atom stereocenters. The van der Waals surface area contributed by atoms with E-state index in [2.05, 4.69) is 6.58 Å². The first-order valence-corrected chi connectivity index (χ1v) is 11.5. The number of hydrogen-bond donors (Lipinski definition) is 0. The van der Waals surface area contributed by atoms with Gasteiger partial charge in [0, 0.05) is 0 Å². The largest absolute Gasteiger partial charge is 0.497 e. The van der Waals surface area contributed by atoms with E-state index < -0.39 is 24.0 Å². The third kappa shape index (κ3) is 4.91. The Morgan fingerprint density at radius 2 is 1.28 bits per heavy atom. The molecule has 0 aliphatic carbocycles. The summed E-state index contributed by atoms with van der Waals surface area (Å²) in [6.45, 7) is 3.87. The van der Waals surface area contributed by atoms with Crippen molar-refractivity contribution in [2.45, 2.75) is 18.7 Å². The van der Waals surface area contributed by atoms with Gasteiger partial charge in [-0.3, -0.25) is 4.79 Å². The summed E-state index contributed by atoms with van der Waals surface area (Å²) < 4.78 is 21.4. The Morgan fingerprint density at radius 1 is 0.833 bits per heavy atom. The molecule has 1 saturated heterocycles. The number of hydrogen-bond acceptors (Lipinski definition) is 6. The lowest BCUT2D eigenvalue weighted by molar-refractivity contribution is -0.175. The highest BCUT2D eigenvalue weighted by Crippen LogP contribution is 2.41. The number of nitrogens with zero attached hydrogens (tertiary/aromatic N) is 1. The zero-order valence-electron chi connectivity index (χ0n) is 20.5. The molecule has 1 amide bonds. The summed E-state index contributed by atoms with van der Waals surface area (Å²) in [5.41, 5.74) is 2.49. The Morgan fingerprint density at radius 3 is 1.69 bits per heavy atom. The van der Waals surface area contributed by atoms with E-state index >= 15 is 0 Å². The van der Waals surface area contributed by atoms with Crippen molar-refractivity contribution in [1.29, 1.82) is 0 Å². The maximum Gasteiger partial charge on any atom is 0.330 e. The van der Waals surface area contributed by atoms with Crippen molar-refractivity contribution < 1.29 is 28.5 Å². The van der Waals surface area contributed by atoms with Crippen molar-refractivity contribution in [3.63, 3.8) is 0 Å². The number of likely N-dealkylation sites (tertiary alicyclic amines) is 1. The highest BCUT2D eigenvalue weighted by Gasteiger charge is 2.54. The Bertz CT molecular complexity index is 1160. The minimum absolute atomic E-state index is 0.0843. The van der Waals surface area contributed by atoms with E-state index in [-0.39, 0.29) is 12.5 Å². The zero-order valence-corrected chi connectivity index (χ0v) is 20.5. The van der Waals surface area contributed by atoms with Crippen molar-refractivity contribution in [3.8, 4) is 17.2 Å². The van der Waals surface area contributed by atoms with Crippen LogP contribution in [0.25, 0.3) is 0 Å². The summed E-state index contributed by atoms with van der Waals surface area (Å²) in [6.07, 6.45) is 1.51. The van der Waals surface area contributed by atoms with Gasteiger partial charge in [0.25, 0.3) is 0 Å². The molecular weight excluding hydrogens is 458 g/mol. The molecular formula is C29H29NO6. The van der Waals surface area contributed by atoms with E-state index in [9.17, 15) is 9.59 Å². The average molecular weight is 488 g/mol. The summed E-state index contributed by atoms with van der Waals surface area (Å²) in [5.74, 6) is 0.778. The molecule has 3 aromatic rings. The van der Waals surface area contributed by atoms with Gasteiger partial charge in [-0.25, -0.2) is 4.79 Å². The van der Waals surface area contributed by atoms with Crippen LogP contribution in [0.3, 0.4) is 0 Å². The highest BCUT2D eigenvalue weighted by atomic mass is 16.5. The maximum absolute atomic E-state index is 13.3. The smallest absolute Gasteiger partial charge is 0.330 e. The van der Waals surface area contributed by atoms with Crippen LogP contribution in [-0.4, -0.2) is 44.1 Å². The second kappa shape index (κ2) is 11.0. The molecule has 1 heterocycles. The molecule has 7 nitrogen and oxygen atoms in total. The van der Waals surface area contributed by atoms with Crippen LogP contribution in [0.15, 0.2) is 85.5 Å². The van der Waals surface area contributed by atoms with E-state index in [0.29, 0.717) is 11.5 Å². The second-order valence-corrected chi connectivity index (χ2v) is 8.36. The van der Waals surface area contributed by atoms with Crippen molar-refractivity contribution in [2.75, 3.05) is 21.3 Å². The SMILES string of the molecule is C=CC1C(=O)N(C(c2ccc(OC)cc2)c2ccc(OC)cc2)C1C(=O)OCc1ccc(OC)cc1. The minimum Gasteiger partial charge on any atom is -0.497 e. The van der Waals surface area contributed by atoms with Gasteiger partial charge >= 0.3 is 5.97 Å². The van der Waals surface area contributed by atoms with E-state index in [1.165, 1.54) is 6.08 Å². The predicted octanol–water partition coefficient (Wildman–Crippen LogP) is 4.56. The Hall–Kier alpha value is -4.26. The van der Waals surface area contributed by atoms with Gasteiger partial charge in [0.1, 0.15) is 29.9 Å². The van der Waals surface area contributed by atoms with Crippen LogP contribution in [0.5, 0.6) is 17.2 Å². The Labute approximate surface area is 210 Å². The molecule has 4 rings (SSSR count). The molecule has 7 heteroatoms. The molecule has 36 heavy (non-hydrogen) atoms. The lowest BCUT2D eigenvalue weighted by Gasteiger charge is -2.48. The first-order chi connectivity index (χ1) is 17.5. The molecule has 2 atom stereocenters. The van der Waals surface area contributed by atoms with Crippen LogP contribution in [-0.2, 0) is 20.9 Å². The predicted molar refractivity (Wildman–Crippen MR) is 135 cm³/mol. The van der Waals surface area contributed by atoms with Crippen molar-refractivity contribution in [1.82, 2.24) is 4.90 Å². The number of methoxy groups -OCH3 is 3. The first kappa shape index (κ1) is 24.9. The summed E-state index contributed by atoms with van der Waals surface area (Å²) in [6, 6.07) is 20.8. The molecule has 0 saturated carbocycles. The lowest BCUT2D eigenvalue weighted by atomic mass is 9.82. The number of rotatable bonds is 10. The standard InChI is InChI=1S/C29H29NO6/c1-5-25-27(29(32)36-18-19-6-12-22(33-2)13-7-19)30(28(25)31)26(20-8-14-23(34-3)15-9-20)21-10-16-24(35-4)17-11-21/h5-17,25-27H,1,18H2,2-4H3. The first-order valence-electron chi connectivity index (χ1n) is 11.5. The molecule has 1 fully saturated rings. The van der Waals surface area contributed by atoms with E-state index in [1.807, 2.05) is 60.7 Å². The van der Waals surface area contributed by atoms with Gasteiger partial charge in [-0.2, -0.15) is 0 Å². The Kier molecular flexibility index (Phi) is 7.59. The maximum atomic E-state index is 13.3. The number of β-lactam (4-membered cyclic amide) rings is 1. The number of esters is 1. The van der Waals surface area contributed by atoms with Crippen LogP contribution in [0, 0.1) is 5.92 Å². The van der Waals surface area contributed by atoms with E-state index in [0.717, 1.165) is 22.4 Å². The fourth-order valence-corrected chi connectivity index (χ4v) is 4.36. The van der Waals surface area contributed by atoms with Crippen LogP contribution < -0.4 is 14.2 Å². The third-order valence-corrected chi connectivity index (χ3v) is 6.36. The molecule has 0 spiro atoms. The van der Waals surface area contributed by atoms with Crippen molar-refractivity contribution >= 4 is 11.9 Å². The number of carbonyl (C=O) groups excluding carboxylic acids is 2. The minimum atomic E-state index is -0.803. The summed E-state index contributed by atoms with van der Waals surface area (Å²) in [5, 5.41) is 0. The van der Waals surface area contributed by atoms with Crippen molar-refractivity contribution in [2.24, 2.45) is 5.92 Å². The topological polar surface area (TPSA) is 74.3 Å². The number of carbonyl (C=O) groups is 2. The molecule has 186 valence electrons. The van der Waals surface area contributed by atoms with E-state index in [4.69, 9.17) is 18.9 Å². The second-order valence-electron chi connectivity index (χ2n) is 8.36. The fourth-order valence-electron chi connectivity index (χ4n) is 4.36. The molecule has 0 aromatic heterocycles. The van der Waals surface area contributed by atoms with Crippen LogP contribution in [0.4, 0.5) is 0 Å². The highest BCUT2D eigenvalue weighted by molar-refractivity contribution is 5.99. The number of ether oxygens (including phenoxy) is 4. The number of benzene rings is 3. The van der Waals surface area contributed by atoms with Gasteiger partial charge in [-0.05, 0) is 53.1 Å². The van der Waals surface area contributed by atoms with Gasteiger partial charge in [0.05, 0.1) is 33.3 Å². The van der Waals surface area contributed by atoms with Gasteiger partial charge in [0.2, 0.25) is 5.91 Å². The fraction of sp³-hybridized carbons (Fsp3) is 0.241. The van der Waals surface area contributed by atoms with Gasteiger partial charge in [-0.15, -0.1) is 6.58 Å². The molecule has 1 aliphatic heterocycles. The van der Waals surface area contributed by atoms with Crippen molar-refractivity contribution in [3.05, 3.63) is 102 Å². The van der Waals surface area contributed by atoms with E-state index in [1.54, 1.807) is 38.4 Å². The monoisotopic (exact) mass is 487 g/mol.